The van der Waals surface area contributed by atoms with Crippen molar-refractivity contribution in [1.82, 2.24) is 14.7 Å². The Labute approximate surface area is 254 Å². The second kappa shape index (κ2) is 12.4. The van der Waals surface area contributed by atoms with Crippen molar-refractivity contribution >= 4 is 52.5 Å². The van der Waals surface area contributed by atoms with Gasteiger partial charge in [0.25, 0.3) is 11.8 Å². The zero-order valence-electron chi connectivity index (χ0n) is 22.4. The van der Waals surface area contributed by atoms with Gasteiger partial charge >= 0.3 is 0 Å². The summed E-state index contributed by atoms with van der Waals surface area (Å²) >= 11 is 18.6. The van der Waals surface area contributed by atoms with Crippen molar-refractivity contribution in [2.75, 3.05) is 26.7 Å². The van der Waals surface area contributed by atoms with Crippen LogP contribution in [-0.2, 0) is 4.79 Å². The Kier molecular flexibility index (Phi) is 8.90. The Morgan fingerprint density at radius 3 is 2.27 bits per heavy atom. The standard InChI is InChI=1S/C31H30Cl3N3O4/c1-35(29(39)20-7-10-22(32)11-8-20)27-13-14-36(18-24(27)21-9-12-25(33)26(34)15-21)31(41)28-16-23(38)17-37(28)30(40)19-5-3-2-4-6-19/h2-12,15,23-24,27-28,38H,13-14,16-18H2,1H3/t23-,24+,27-,28+/m1/s1. The monoisotopic (exact) mass is 613 g/mol. The highest BCUT2D eigenvalue weighted by molar-refractivity contribution is 6.42. The third kappa shape index (κ3) is 6.24. The summed E-state index contributed by atoms with van der Waals surface area (Å²) in [6, 6.07) is 19.8. The number of halogens is 3. The molecule has 1 N–H and O–H groups in total. The van der Waals surface area contributed by atoms with Crippen LogP contribution in [0.2, 0.25) is 15.1 Å². The number of aliphatic hydroxyl groups excluding tert-OH is 1. The number of amides is 3. The summed E-state index contributed by atoms with van der Waals surface area (Å²) in [6.45, 7) is 0.786. The van der Waals surface area contributed by atoms with Crippen LogP contribution < -0.4 is 0 Å². The van der Waals surface area contributed by atoms with Gasteiger partial charge in [-0.15, -0.1) is 0 Å². The van der Waals surface area contributed by atoms with Crippen molar-refractivity contribution in [3.8, 4) is 0 Å². The van der Waals surface area contributed by atoms with Crippen molar-refractivity contribution in [2.45, 2.75) is 36.9 Å². The molecule has 2 aliphatic rings. The van der Waals surface area contributed by atoms with Gasteiger partial charge in [-0.05, 0) is 60.5 Å². The minimum Gasteiger partial charge on any atom is -0.391 e. The molecule has 3 aromatic rings. The SMILES string of the molecule is CN(C(=O)c1ccc(Cl)cc1)[C@@H]1CCN(C(=O)[C@@H]2C[C@@H](O)CN2C(=O)c2ccccc2)C[C@H]1c1ccc(Cl)c(Cl)c1. The molecule has 3 amide bonds. The average molecular weight is 615 g/mol. The lowest BCUT2D eigenvalue weighted by atomic mass is 9.84. The predicted octanol–water partition coefficient (Wildman–Crippen LogP) is 5.38. The van der Waals surface area contributed by atoms with E-state index in [9.17, 15) is 19.5 Å². The fourth-order valence-electron chi connectivity index (χ4n) is 5.85. The molecule has 0 radical (unpaired) electrons. The molecule has 214 valence electrons. The topological polar surface area (TPSA) is 81.2 Å². The first-order chi connectivity index (χ1) is 19.6. The second-order valence-corrected chi connectivity index (χ2v) is 11.8. The van der Waals surface area contributed by atoms with E-state index in [4.69, 9.17) is 34.8 Å². The third-order valence-electron chi connectivity index (χ3n) is 8.01. The van der Waals surface area contributed by atoms with E-state index in [1.54, 1.807) is 77.5 Å². The summed E-state index contributed by atoms with van der Waals surface area (Å²) in [5, 5.41) is 11.8. The molecule has 7 nitrogen and oxygen atoms in total. The van der Waals surface area contributed by atoms with Crippen LogP contribution in [0.15, 0.2) is 72.8 Å². The van der Waals surface area contributed by atoms with Gasteiger partial charge in [-0.3, -0.25) is 14.4 Å². The average Bonchev–Trinajstić information content (AvgIpc) is 3.39. The molecular formula is C31H30Cl3N3O4. The van der Waals surface area contributed by atoms with Gasteiger partial charge in [-0.1, -0.05) is 59.1 Å². The fourth-order valence-corrected chi connectivity index (χ4v) is 6.28. The Balaban J connectivity index is 1.41. The number of rotatable bonds is 5. The molecule has 2 heterocycles. The van der Waals surface area contributed by atoms with Gasteiger partial charge < -0.3 is 19.8 Å². The molecule has 2 fully saturated rings. The van der Waals surface area contributed by atoms with Gasteiger partial charge in [0.15, 0.2) is 0 Å². The van der Waals surface area contributed by atoms with Crippen LogP contribution in [0.5, 0.6) is 0 Å². The molecule has 4 atom stereocenters. The number of nitrogens with zero attached hydrogens (tertiary/aromatic N) is 3. The quantitative estimate of drug-likeness (QED) is 0.419. The summed E-state index contributed by atoms with van der Waals surface area (Å²) < 4.78 is 0. The van der Waals surface area contributed by atoms with E-state index in [-0.39, 0.29) is 42.6 Å². The molecule has 2 saturated heterocycles. The Morgan fingerprint density at radius 2 is 1.59 bits per heavy atom. The van der Waals surface area contributed by atoms with Crippen molar-refractivity contribution in [2.24, 2.45) is 0 Å². The normalized spacial score (nSPS) is 22.5. The lowest BCUT2D eigenvalue weighted by Crippen LogP contribution is -2.55. The molecule has 3 aromatic carbocycles. The van der Waals surface area contributed by atoms with Crippen LogP contribution in [0.3, 0.4) is 0 Å². The van der Waals surface area contributed by atoms with Crippen LogP contribution in [0.25, 0.3) is 0 Å². The van der Waals surface area contributed by atoms with Crippen LogP contribution >= 0.6 is 34.8 Å². The van der Waals surface area contributed by atoms with E-state index in [0.29, 0.717) is 45.7 Å². The molecule has 0 spiro atoms. The fraction of sp³-hybridized carbons (Fsp3) is 0.323. The van der Waals surface area contributed by atoms with E-state index in [1.165, 1.54) is 4.90 Å². The first-order valence-corrected chi connectivity index (χ1v) is 14.6. The number of β-amino-alcohol motifs (C(OH)–C–C–N with tert-alkyl or cyclic N) is 1. The lowest BCUT2D eigenvalue weighted by molar-refractivity contribution is -0.137. The molecule has 0 aliphatic carbocycles. The lowest BCUT2D eigenvalue weighted by Gasteiger charge is -2.44. The molecule has 2 aliphatic heterocycles. The summed E-state index contributed by atoms with van der Waals surface area (Å²) in [5.41, 5.74) is 1.83. The number of hydrogen-bond donors (Lipinski definition) is 1. The van der Waals surface area contributed by atoms with Crippen LogP contribution in [0.1, 0.15) is 45.0 Å². The van der Waals surface area contributed by atoms with E-state index in [1.807, 2.05) is 12.1 Å². The van der Waals surface area contributed by atoms with Crippen molar-refractivity contribution in [3.05, 3.63) is 105 Å². The Hall–Kier alpha value is -3.10. The number of carbonyl (C=O) groups is 3. The first-order valence-electron chi connectivity index (χ1n) is 13.4. The maximum Gasteiger partial charge on any atom is 0.254 e. The van der Waals surface area contributed by atoms with Crippen molar-refractivity contribution < 1.29 is 19.5 Å². The number of carbonyl (C=O) groups excluding carboxylic acids is 3. The zero-order chi connectivity index (χ0) is 29.3. The van der Waals surface area contributed by atoms with Crippen LogP contribution in [-0.4, -0.2) is 82.4 Å². The van der Waals surface area contributed by atoms with Gasteiger partial charge in [-0.25, -0.2) is 0 Å². The van der Waals surface area contributed by atoms with Gasteiger partial charge in [0.2, 0.25) is 5.91 Å². The molecule has 0 saturated carbocycles. The largest absolute Gasteiger partial charge is 0.391 e. The van der Waals surface area contributed by atoms with Crippen LogP contribution in [0.4, 0.5) is 0 Å². The van der Waals surface area contributed by atoms with E-state index >= 15 is 0 Å². The number of benzene rings is 3. The van der Waals surface area contributed by atoms with Gasteiger partial charge in [-0.2, -0.15) is 0 Å². The van der Waals surface area contributed by atoms with Gasteiger partial charge in [0.1, 0.15) is 6.04 Å². The van der Waals surface area contributed by atoms with E-state index in [2.05, 4.69) is 0 Å². The number of aliphatic hydroxyl groups is 1. The third-order valence-corrected chi connectivity index (χ3v) is 9.01. The molecule has 41 heavy (non-hydrogen) atoms. The molecule has 0 bridgehead atoms. The van der Waals surface area contributed by atoms with E-state index in [0.717, 1.165) is 5.56 Å². The minimum absolute atomic E-state index is 0.0924. The Morgan fingerprint density at radius 1 is 0.878 bits per heavy atom. The highest BCUT2D eigenvalue weighted by Gasteiger charge is 2.44. The molecular weight excluding hydrogens is 585 g/mol. The Bertz CT molecular complexity index is 1440. The summed E-state index contributed by atoms with van der Waals surface area (Å²) in [4.78, 5) is 45.6. The van der Waals surface area contributed by atoms with Gasteiger partial charge in [0.05, 0.1) is 16.1 Å². The first kappa shape index (κ1) is 29.4. The summed E-state index contributed by atoms with van der Waals surface area (Å²) in [7, 11) is 1.76. The maximum absolute atomic E-state index is 13.9. The second-order valence-electron chi connectivity index (χ2n) is 10.6. The number of likely N-dealkylation sites (N-methyl/N-ethyl adjacent to an activating group) is 1. The zero-order valence-corrected chi connectivity index (χ0v) is 24.7. The van der Waals surface area contributed by atoms with E-state index < -0.39 is 12.1 Å². The molecule has 10 heteroatoms. The van der Waals surface area contributed by atoms with Crippen LogP contribution in [0, 0.1) is 0 Å². The minimum atomic E-state index is -0.789. The molecule has 0 aromatic heterocycles. The molecule has 0 unspecified atom stereocenters. The summed E-state index contributed by atoms with van der Waals surface area (Å²) in [5.74, 6) is -0.936. The number of hydrogen-bond acceptors (Lipinski definition) is 4. The molecule has 5 rings (SSSR count). The highest BCUT2D eigenvalue weighted by atomic mass is 35.5. The maximum atomic E-state index is 13.9. The van der Waals surface area contributed by atoms with Crippen molar-refractivity contribution in [1.29, 1.82) is 0 Å². The van der Waals surface area contributed by atoms with Crippen molar-refractivity contribution in [3.63, 3.8) is 0 Å². The highest BCUT2D eigenvalue weighted by Crippen LogP contribution is 2.35. The summed E-state index contributed by atoms with van der Waals surface area (Å²) in [6.07, 6.45) is -0.110. The number of piperidine rings is 1. The smallest absolute Gasteiger partial charge is 0.254 e. The predicted molar refractivity (Wildman–Crippen MR) is 160 cm³/mol. The van der Waals surface area contributed by atoms with Gasteiger partial charge in [0, 0.05) is 61.2 Å². The number of likely N-dealkylation sites (tertiary alicyclic amines) is 2.